The molecule has 1 heterocycles. The van der Waals surface area contributed by atoms with E-state index in [4.69, 9.17) is 4.52 Å². The average molecular weight is 329 g/mol. The Morgan fingerprint density at radius 3 is 2.54 bits per heavy atom. The number of hydrogen-bond donors (Lipinski definition) is 2. The normalized spacial score (nSPS) is 11.8. The SMILES string of the molecule is CN=C(NCCCc1ccc(C(C)C)cc1)NCc1nc(C)no1. The fourth-order valence-electron chi connectivity index (χ4n) is 2.36. The predicted octanol–water partition coefficient (Wildman–Crippen LogP) is 2.80. The molecule has 6 nitrogen and oxygen atoms in total. The van der Waals surface area contributed by atoms with Gasteiger partial charge in [-0.25, -0.2) is 0 Å². The Labute approximate surface area is 143 Å². The molecule has 1 aromatic heterocycles. The number of aromatic nitrogens is 2. The van der Waals surface area contributed by atoms with Crippen LogP contribution in [0.15, 0.2) is 33.8 Å². The molecule has 1 aromatic carbocycles. The minimum absolute atomic E-state index is 0.469. The number of benzene rings is 1. The number of guanidine groups is 1. The molecular weight excluding hydrogens is 302 g/mol. The van der Waals surface area contributed by atoms with Crippen LogP contribution in [-0.4, -0.2) is 29.7 Å². The van der Waals surface area contributed by atoms with Crippen LogP contribution in [0, 0.1) is 6.92 Å². The summed E-state index contributed by atoms with van der Waals surface area (Å²) in [4.78, 5) is 8.34. The molecule has 0 amide bonds. The summed E-state index contributed by atoms with van der Waals surface area (Å²) in [5.74, 6) is 2.51. The van der Waals surface area contributed by atoms with E-state index >= 15 is 0 Å². The van der Waals surface area contributed by atoms with Gasteiger partial charge in [-0.2, -0.15) is 4.98 Å². The van der Waals surface area contributed by atoms with Crippen LogP contribution in [-0.2, 0) is 13.0 Å². The van der Waals surface area contributed by atoms with Crippen molar-refractivity contribution in [2.75, 3.05) is 13.6 Å². The first-order chi connectivity index (χ1) is 11.6. The number of hydrogen-bond acceptors (Lipinski definition) is 4. The molecule has 0 aliphatic rings. The molecule has 0 saturated heterocycles. The highest BCUT2D eigenvalue weighted by Gasteiger charge is 2.04. The van der Waals surface area contributed by atoms with Gasteiger partial charge in [-0.05, 0) is 36.8 Å². The summed E-state index contributed by atoms with van der Waals surface area (Å²) in [5.41, 5.74) is 2.75. The van der Waals surface area contributed by atoms with Gasteiger partial charge in [-0.1, -0.05) is 43.3 Å². The van der Waals surface area contributed by atoms with Crippen molar-refractivity contribution in [2.24, 2.45) is 4.99 Å². The standard InChI is InChI=1S/C18H27N5O/c1-13(2)16-9-7-15(8-10-16)6-5-11-20-18(19-4)21-12-17-22-14(3)23-24-17/h7-10,13H,5-6,11-12H2,1-4H3,(H2,19,20,21). The topological polar surface area (TPSA) is 75.3 Å². The van der Waals surface area contributed by atoms with Crippen molar-refractivity contribution in [1.82, 2.24) is 20.8 Å². The van der Waals surface area contributed by atoms with E-state index in [-0.39, 0.29) is 0 Å². The van der Waals surface area contributed by atoms with Gasteiger partial charge in [-0.3, -0.25) is 4.99 Å². The quantitative estimate of drug-likeness (QED) is 0.464. The van der Waals surface area contributed by atoms with Gasteiger partial charge in [0, 0.05) is 13.6 Å². The molecule has 0 aliphatic carbocycles. The molecule has 2 aromatic rings. The van der Waals surface area contributed by atoms with Gasteiger partial charge < -0.3 is 15.2 Å². The maximum absolute atomic E-state index is 5.06. The van der Waals surface area contributed by atoms with E-state index in [1.165, 1.54) is 11.1 Å². The summed E-state index contributed by atoms with van der Waals surface area (Å²) in [7, 11) is 1.75. The van der Waals surface area contributed by atoms with Gasteiger partial charge in [0.05, 0.1) is 6.54 Å². The maximum Gasteiger partial charge on any atom is 0.246 e. The number of nitrogens with one attached hydrogen (secondary N) is 2. The monoisotopic (exact) mass is 329 g/mol. The van der Waals surface area contributed by atoms with Crippen LogP contribution in [0.1, 0.15) is 49.0 Å². The molecule has 0 atom stereocenters. The van der Waals surface area contributed by atoms with Gasteiger partial charge in [-0.15, -0.1) is 0 Å². The van der Waals surface area contributed by atoms with Crippen molar-refractivity contribution in [3.05, 3.63) is 47.1 Å². The molecule has 0 aliphatic heterocycles. The van der Waals surface area contributed by atoms with E-state index in [1.807, 2.05) is 0 Å². The van der Waals surface area contributed by atoms with Crippen molar-refractivity contribution in [3.8, 4) is 0 Å². The third-order valence-electron chi connectivity index (χ3n) is 3.78. The Balaban J connectivity index is 1.68. The summed E-state index contributed by atoms with van der Waals surface area (Å²) >= 11 is 0. The van der Waals surface area contributed by atoms with E-state index in [2.05, 4.69) is 63.9 Å². The second kappa shape index (κ2) is 9.05. The minimum Gasteiger partial charge on any atom is -0.356 e. The van der Waals surface area contributed by atoms with Crippen molar-refractivity contribution in [3.63, 3.8) is 0 Å². The Bertz CT molecular complexity index is 646. The van der Waals surface area contributed by atoms with Crippen molar-refractivity contribution < 1.29 is 4.52 Å². The fourth-order valence-corrected chi connectivity index (χ4v) is 2.36. The Morgan fingerprint density at radius 2 is 1.96 bits per heavy atom. The fraction of sp³-hybridized carbons (Fsp3) is 0.500. The zero-order valence-electron chi connectivity index (χ0n) is 15.0. The Morgan fingerprint density at radius 1 is 1.21 bits per heavy atom. The largest absolute Gasteiger partial charge is 0.356 e. The lowest BCUT2D eigenvalue weighted by molar-refractivity contribution is 0.371. The second-order valence-corrected chi connectivity index (χ2v) is 6.09. The molecule has 2 rings (SSSR count). The van der Waals surface area contributed by atoms with Crippen molar-refractivity contribution in [1.29, 1.82) is 0 Å². The highest BCUT2D eigenvalue weighted by atomic mass is 16.5. The van der Waals surface area contributed by atoms with Crippen LogP contribution in [0.3, 0.4) is 0 Å². The van der Waals surface area contributed by atoms with Gasteiger partial charge in [0.15, 0.2) is 11.8 Å². The number of aliphatic imine (C=N–C) groups is 1. The Hall–Kier alpha value is -2.37. The molecule has 2 N–H and O–H groups in total. The molecule has 0 spiro atoms. The summed E-state index contributed by atoms with van der Waals surface area (Å²) in [5, 5.41) is 10.2. The van der Waals surface area contributed by atoms with Crippen LogP contribution >= 0.6 is 0 Å². The van der Waals surface area contributed by atoms with E-state index in [0.29, 0.717) is 24.2 Å². The first-order valence-electron chi connectivity index (χ1n) is 8.41. The first-order valence-corrected chi connectivity index (χ1v) is 8.41. The van der Waals surface area contributed by atoms with Crippen LogP contribution in [0.2, 0.25) is 0 Å². The van der Waals surface area contributed by atoms with Gasteiger partial charge in [0.2, 0.25) is 5.89 Å². The molecular formula is C18H27N5O. The zero-order chi connectivity index (χ0) is 17.4. The van der Waals surface area contributed by atoms with Crippen molar-refractivity contribution in [2.45, 2.75) is 46.1 Å². The number of nitrogens with zero attached hydrogens (tertiary/aromatic N) is 3. The van der Waals surface area contributed by atoms with Crippen LogP contribution in [0.5, 0.6) is 0 Å². The van der Waals surface area contributed by atoms with Gasteiger partial charge in [0.1, 0.15) is 0 Å². The van der Waals surface area contributed by atoms with E-state index < -0.39 is 0 Å². The van der Waals surface area contributed by atoms with Gasteiger partial charge in [0.25, 0.3) is 0 Å². The number of aryl methyl sites for hydroxylation is 2. The molecule has 24 heavy (non-hydrogen) atoms. The smallest absolute Gasteiger partial charge is 0.246 e. The summed E-state index contributed by atoms with van der Waals surface area (Å²) in [6, 6.07) is 8.89. The maximum atomic E-state index is 5.06. The summed E-state index contributed by atoms with van der Waals surface area (Å²) in [6.07, 6.45) is 2.09. The second-order valence-electron chi connectivity index (χ2n) is 6.09. The molecule has 0 fully saturated rings. The van der Waals surface area contributed by atoms with E-state index in [1.54, 1.807) is 14.0 Å². The Kier molecular flexibility index (Phi) is 6.78. The third-order valence-corrected chi connectivity index (χ3v) is 3.78. The molecule has 130 valence electrons. The zero-order valence-corrected chi connectivity index (χ0v) is 15.0. The van der Waals surface area contributed by atoms with Crippen LogP contribution in [0.25, 0.3) is 0 Å². The highest BCUT2D eigenvalue weighted by Crippen LogP contribution is 2.15. The number of rotatable bonds is 7. The molecule has 0 radical (unpaired) electrons. The summed E-state index contributed by atoms with van der Waals surface area (Å²) < 4.78 is 5.06. The van der Waals surface area contributed by atoms with Crippen molar-refractivity contribution >= 4 is 5.96 Å². The minimum atomic E-state index is 0.469. The summed E-state index contributed by atoms with van der Waals surface area (Å²) in [6.45, 7) is 7.56. The lowest BCUT2D eigenvalue weighted by Crippen LogP contribution is -2.37. The van der Waals surface area contributed by atoms with E-state index in [9.17, 15) is 0 Å². The predicted molar refractivity (Wildman–Crippen MR) is 96.1 cm³/mol. The molecule has 6 heteroatoms. The first kappa shape index (κ1) is 18.0. The van der Waals surface area contributed by atoms with Crippen LogP contribution < -0.4 is 10.6 Å². The molecule has 0 unspecified atom stereocenters. The molecule has 0 bridgehead atoms. The lowest BCUT2D eigenvalue weighted by Gasteiger charge is -2.11. The van der Waals surface area contributed by atoms with E-state index in [0.717, 1.165) is 25.3 Å². The third kappa shape index (κ3) is 5.68. The van der Waals surface area contributed by atoms with Gasteiger partial charge >= 0.3 is 0 Å². The molecule has 0 saturated carbocycles. The lowest BCUT2D eigenvalue weighted by atomic mass is 10.0. The average Bonchev–Trinajstić information content (AvgIpc) is 3.00. The van der Waals surface area contributed by atoms with Crippen LogP contribution in [0.4, 0.5) is 0 Å². The highest BCUT2D eigenvalue weighted by molar-refractivity contribution is 5.79.